The van der Waals surface area contributed by atoms with Crippen molar-refractivity contribution in [3.05, 3.63) is 64.3 Å². The Hall–Kier alpha value is -2.17. The van der Waals surface area contributed by atoms with Gasteiger partial charge in [0.1, 0.15) is 0 Å². The van der Waals surface area contributed by atoms with Gasteiger partial charge in [-0.3, -0.25) is 4.79 Å². The minimum Gasteiger partial charge on any atom is -0.493 e. The standard InChI is InChI=1S/C17H15Cl2NO3/c1-22-16-6-3-11(9-17(16)23-2)15(21)7-8-20-14-5-4-12(18)10-13(14)19/h3-10,20H,1-2H3. The third-order valence-corrected chi connectivity index (χ3v) is 3.62. The van der Waals surface area contributed by atoms with Crippen LogP contribution in [0.15, 0.2) is 48.7 Å². The molecule has 0 aliphatic heterocycles. The number of carbonyl (C=O) groups is 1. The van der Waals surface area contributed by atoms with Crippen LogP contribution >= 0.6 is 23.2 Å². The molecule has 0 radical (unpaired) electrons. The number of hydrogen-bond acceptors (Lipinski definition) is 4. The van der Waals surface area contributed by atoms with Crippen molar-refractivity contribution in [3.63, 3.8) is 0 Å². The average Bonchev–Trinajstić information content (AvgIpc) is 2.56. The SMILES string of the molecule is COc1ccc(C(=O)C=CNc2ccc(Cl)cc2Cl)cc1OC. The summed E-state index contributed by atoms with van der Waals surface area (Å²) in [6.07, 6.45) is 2.93. The number of methoxy groups -OCH3 is 2. The Morgan fingerprint density at radius 2 is 1.78 bits per heavy atom. The fraction of sp³-hybridized carbons (Fsp3) is 0.118. The molecule has 120 valence electrons. The quantitative estimate of drug-likeness (QED) is 0.598. The number of ketones is 1. The topological polar surface area (TPSA) is 47.6 Å². The van der Waals surface area contributed by atoms with E-state index in [1.165, 1.54) is 19.4 Å². The van der Waals surface area contributed by atoms with Crippen LogP contribution in [0, 0.1) is 0 Å². The molecule has 6 heteroatoms. The lowest BCUT2D eigenvalue weighted by Gasteiger charge is -2.08. The molecular weight excluding hydrogens is 337 g/mol. The summed E-state index contributed by atoms with van der Waals surface area (Å²) in [4.78, 5) is 12.2. The van der Waals surface area contributed by atoms with Gasteiger partial charge in [0.25, 0.3) is 0 Å². The molecule has 2 aromatic carbocycles. The van der Waals surface area contributed by atoms with Crippen LogP contribution in [0.1, 0.15) is 10.4 Å². The van der Waals surface area contributed by atoms with Crippen molar-refractivity contribution < 1.29 is 14.3 Å². The van der Waals surface area contributed by atoms with E-state index in [4.69, 9.17) is 32.7 Å². The van der Waals surface area contributed by atoms with Crippen LogP contribution in [-0.4, -0.2) is 20.0 Å². The van der Waals surface area contributed by atoms with E-state index in [2.05, 4.69) is 5.32 Å². The maximum absolute atomic E-state index is 12.2. The van der Waals surface area contributed by atoms with Gasteiger partial charge < -0.3 is 14.8 Å². The summed E-state index contributed by atoms with van der Waals surface area (Å²) < 4.78 is 10.3. The minimum absolute atomic E-state index is 0.177. The molecule has 0 amide bonds. The number of carbonyl (C=O) groups excluding carboxylic acids is 1. The maximum Gasteiger partial charge on any atom is 0.187 e. The van der Waals surface area contributed by atoms with Gasteiger partial charge in [0.15, 0.2) is 17.3 Å². The summed E-state index contributed by atoms with van der Waals surface area (Å²) in [5, 5.41) is 3.96. The van der Waals surface area contributed by atoms with Crippen LogP contribution in [0.3, 0.4) is 0 Å². The molecule has 0 atom stereocenters. The van der Waals surface area contributed by atoms with Crippen LogP contribution in [0.25, 0.3) is 0 Å². The lowest BCUT2D eigenvalue weighted by atomic mass is 10.1. The molecule has 0 spiro atoms. The lowest BCUT2D eigenvalue weighted by molar-refractivity contribution is 0.104. The Balaban J connectivity index is 2.09. The molecule has 0 aliphatic carbocycles. The molecule has 0 bridgehead atoms. The van der Waals surface area contributed by atoms with Crippen LogP contribution in [0.5, 0.6) is 11.5 Å². The first-order chi connectivity index (χ1) is 11.0. The number of nitrogens with one attached hydrogen (secondary N) is 1. The molecule has 0 saturated carbocycles. The lowest BCUT2D eigenvalue weighted by Crippen LogP contribution is -1.99. The highest BCUT2D eigenvalue weighted by Gasteiger charge is 2.08. The highest BCUT2D eigenvalue weighted by molar-refractivity contribution is 6.36. The van der Waals surface area contributed by atoms with E-state index in [0.717, 1.165) is 0 Å². The van der Waals surface area contributed by atoms with Gasteiger partial charge in [-0.2, -0.15) is 0 Å². The molecule has 0 unspecified atom stereocenters. The highest BCUT2D eigenvalue weighted by atomic mass is 35.5. The molecule has 23 heavy (non-hydrogen) atoms. The van der Waals surface area contributed by atoms with E-state index >= 15 is 0 Å². The van der Waals surface area contributed by atoms with E-state index in [-0.39, 0.29) is 5.78 Å². The van der Waals surface area contributed by atoms with Crippen molar-refractivity contribution in [1.29, 1.82) is 0 Å². The van der Waals surface area contributed by atoms with E-state index in [1.807, 2.05) is 0 Å². The van der Waals surface area contributed by atoms with Gasteiger partial charge >= 0.3 is 0 Å². The second kappa shape index (κ2) is 7.90. The molecule has 1 N–H and O–H groups in total. The maximum atomic E-state index is 12.2. The molecule has 0 aliphatic rings. The monoisotopic (exact) mass is 351 g/mol. The summed E-state index contributed by atoms with van der Waals surface area (Å²) >= 11 is 11.9. The van der Waals surface area contributed by atoms with Crippen LogP contribution < -0.4 is 14.8 Å². The molecule has 0 fully saturated rings. The van der Waals surface area contributed by atoms with E-state index in [1.54, 1.807) is 43.5 Å². The van der Waals surface area contributed by atoms with Crippen molar-refractivity contribution in [2.24, 2.45) is 0 Å². The molecule has 0 aromatic heterocycles. The number of halogens is 2. The predicted molar refractivity (Wildman–Crippen MR) is 93.1 cm³/mol. The summed E-state index contributed by atoms with van der Waals surface area (Å²) in [6, 6.07) is 10.0. The Labute approximate surface area is 144 Å². The van der Waals surface area contributed by atoms with Crippen molar-refractivity contribution in [2.45, 2.75) is 0 Å². The first-order valence-electron chi connectivity index (χ1n) is 6.69. The van der Waals surface area contributed by atoms with Crippen LogP contribution in [-0.2, 0) is 0 Å². The molecule has 0 heterocycles. The first kappa shape index (κ1) is 17.2. The molecule has 4 nitrogen and oxygen atoms in total. The van der Waals surface area contributed by atoms with Crippen LogP contribution in [0.4, 0.5) is 5.69 Å². The second-order valence-corrected chi connectivity index (χ2v) is 5.38. The zero-order valence-electron chi connectivity index (χ0n) is 12.6. The van der Waals surface area contributed by atoms with Gasteiger partial charge in [-0.15, -0.1) is 0 Å². The van der Waals surface area contributed by atoms with Gasteiger partial charge in [0.2, 0.25) is 0 Å². The van der Waals surface area contributed by atoms with Crippen molar-refractivity contribution in [1.82, 2.24) is 0 Å². The number of ether oxygens (including phenoxy) is 2. The third kappa shape index (κ3) is 4.41. The number of benzene rings is 2. The average molecular weight is 352 g/mol. The molecular formula is C17H15Cl2NO3. The van der Waals surface area contributed by atoms with Gasteiger partial charge in [-0.25, -0.2) is 0 Å². The zero-order chi connectivity index (χ0) is 16.8. The number of allylic oxidation sites excluding steroid dienone is 1. The second-order valence-electron chi connectivity index (χ2n) is 4.54. The molecule has 0 saturated heterocycles. The molecule has 2 aromatic rings. The van der Waals surface area contributed by atoms with Gasteiger partial charge in [0, 0.05) is 22.9 Å². The summed E-state index contributed by atoms with van der Waals surface area (Å²) in [5.74, 6) is 0.892. The van der Waals surface area contributed by atoms with Crippen molar-refractivity contribution in [2.75, 3.05) is 19.5 Å². The van der Waals surface area contributed by atoms with E-state index < -0.39 is 0 Å². The Morgan fingerprint density at radius 1 is 1.04 bits per heavy atom. The van der Waals surface area contributed by atoms with E-state index in [0.29, 0.717) is 32.8 Å². The Bertz CT molecular complexity index is 745. The number of anilines is 1. The Kier molecular flexibility index (Phi) is 5.90. The van der Waals surface area contributed by atoms with Crippen LogP contribution in [0.2, 0.25) is 10.0 Å². The largest absolute Gasteiger partial charge is 0.493 e. The minimum atomic E-state index is -0.177. The summed E-state index contributed by atoms with van der Waals surface area (Å²) in [7, 11) is 3.06. The van der Waals surface area contributed by atoms with Gasteiger partial charge in [-0.05, 0) is 36.4 Å². The van der Waals surface area contributed by atoms with E-state index in [9.17, 15) is 4.79 Å². The smallest absolute Gasteiger partial charge is 0.187 e. The summed E-state index contributed by atoms with van der Waals surface area (Å²) in [6.45, 7) is 0. The molecule has 2 rings (SSSR count). The number of hydrogen-bond donors (Lipinski definition) is 1. The Morgan fingerprint density at radius 3 is 2.43 bits per heavy atom. The number of rotatable bonds is 6. The fourth-order valence-electron chi connectivity index (χ4n) is 1.90. The van der Waals surface area contributed by atoms with Gasteiger partial charge in [0.05, 0.1) is 24.9 Å². The summed E-state index contributed by atoms with van der Waals surface area (Å²) in [5.41, 5.74) is 1.15. The van der Waals surface area contributed by atoms with Crippen molar-refractivity contribution >= 4 is 34.7 Å². The third-order valence-electron chi connectivity index (χ3n) is 3.07. The first-order valence-corrected chi connectivity index (χ1v) is 7.45. The fourth-order valence-corrected chi connectivity index (χ4v) is 2.36. The normalized spacial score (nSPS) is 10.6. The predicted octanol–water partition coefficient (Wildman–Crippen LogP) is 4.82. The van der Waals surface area contributed by atoms with Crippen molar-refractivity contribution in [3.8, 4) is 11.5 Å². The highest BCUT2D eigenvalue weighted by Crippen LogP contribution is 2.28. The van der Waals surface area contributed by atoms with Gasteiger partial charge in [-0.1, -0.05) is 23.2 Å². The zero-order valence-corrected chi connectivity index (χ0v) is 14.1.